The van der Waals surface area contributed by atoms with Gasteiger partial charge in [0.2, 0.25) is 10.0 Å². The van der Waals surface area contributed by atoms with Crippen LogP contribution in [0.1, 0.15) is 26.7 Å². The number of nitrogens with one attached hydrogen (secondary N) is 2. The molecule has 0 aliphatic rings. The van der Waals surface area contributed by atoms with E-state index in [0.717, 1.165) is 0 Å². The lowest BCUT2D eigenvalue weighted by Crippen LogP contribution is -2.44. The third-order valence-electron chi connectivity index (χ3n) is 3.66. The predicted molar refractivity (Wildman–Crippen MR) is 112 cm³/mol. The Labute approximate surface area is 177 Å². The molecule has 0 saturated carbocycles. The molecule has 1 rings (SSSR count). The maximum absolute atomic E-state index is 12.3. The van der Waals surface area contributed by atoms with Crippen LogP contribution in [0.2, 0.25) is 10.0 Å². The Morgan fingerprint density at radius 2 is 2.00 bits per heavy atom. The third-order valence-corrected chi connectivity index (χ3v) is 5.84. The fraction of sp³-hybridized carbons (Fsp3) is 0.556. The standard InChI is InChI=1S/C18H28Cl2N3O4S/c1-14(2)22-18(24)23(11-6-12-27-3)10-5-4-9-21-28(25,26)17-8-7-15(19)13-16(17)20/h6-8,13-14,21H,4-5,9-12H2,1-3H3,(H,22,24). The Morgan fingerprint density at radius 1 is 1.29 bits per heavy atom. The van der Waals surface area contributed by atoms with E-state index in [0.29, 0.717) is 37.6 Å². The number of methoxy groups -OCH3 is 1. The van der Waals surface area contributed by atoms with E-state index in [9.17, 15) is 13.2 Å². The van der Waals surface area contributed by atoms with Gasteiger partial charge in [0.05, 0.1) is 11.6 Å². The van der Waals surface area contributed by atoms with Crippen molar-refractivity contribution < 1.29 is 17.9 Å². The summed E-state index contributed by atoms with van der Waals surface area (Å²) in [5.41, 5.74) is 0. The third kappa shape index (κ3) is 8.96. The summed E-state index contributed by atoms with van der Waals surface area (Å²) < 4.78 is 32.2. The number of hydrogen-bond donors (Lipinski definition) is 2. The molecule has 1 aromatic rings. The van der Waals surface area contributed by atoms with Crippen LogP contribution < -0.4 is 10.0 Å². The molecular formula is C18H28Cl2N3O4S. The second-order valence-corrected chi connectivity index (χ2v) is 9.05. The molecule has 1 radical (unpaired) electrons. The van der Waals surface area contributed by atoms with Crippen LogP contribution in [-0.2, 0) is 14.8 Å². The molecule has 2 amide bonds. The number of amides is 2. The first kappa shape index (κ1) is 25.0. The van der Waals surface area contributed by atoms with Gasteiger partial charge in [-0.3, -0.25) is 0 Å². The average Bonchev–Trinajstić information content (AvgIpc) is 2.58. The van der Waals surface area contributed by atoms with E-state index in [1.807, 2.05) is 20.3 Å². The van der Waals surface area contributed by atoms with E-state index in [-0.39, 0.29) is 28.5 Å². The highest BCUT2D eigenvalue weighted by molar-refractivity contribution is 7.89. The summed E-state index contributed by atoms with van der Waals surface area (Å²) in [7, 11) is -2.12. The highest BCUT2D eigenvalue weighted by atomic mass is 35.5. The lowest BCUT2D eigenvalue weighted by molar-refractivity contribution is 0.187. The topological polar surface area (TPSA) is 87.7 Å². The molecule has 28 heavy (non-hydrogen) atoms. The molecule has 159 valence electrons. The highest BCUT2D eigenvalue weighted by Crippen LogP contribution is 2.24. The number of carbonyl (C=O) groups is 1. The van der Waals surface area contributed by atoms with Gasteiger partial charge >= 0.3 is 6.03 Å². The van der Waals surface area contributed by atoms with Gasteiger partial charge in [0.15, 0.2) is 0 Å². The highest BCUT2D eigenvalue weighted by Gasteiger charge is 2.18. The Bertz CT molecular complexity index is 730. The van der Waals surface area contributed by atoms with Crippen molar-refractivity contribution >= 4 is 39.3 Å². The first-order valence-corrected chi connectivity index (χ1v) is 11.2. The first-order chi connectivity index (χ1) is 13.2. The summed E-state index contributed by atoms with van der Waals surface area (Å²) in [6.45, 7) is 5.44. The van der Waals surface area contributed by atoms with E-state index in [1.165, 1.54) is 18.2 Å². The number of halogens is 2. The molecule has 10 heteroatoms. The monoisotopic (exact) mass is 452 g/mol. The van der Waals surface area contributed by atoms with Crippen molar-refractivity contribution in [3.8, 4) is 0 Å². The van der Waals surface area contributed by atoms with Gasteiger partial charge < -0.3 is 15.0 Å². The maximum Gasteiger partial charge on any atom is 0.317 e. The lowest BCUT2D eigenvalue weighted by atomic mass is 10.3. The van der Waals surface area contributed by atoms with Crippen LogP contribution >= 0.6 is 23.2 Å². The van der Waals surface area contributed by atoms with Crippen molar-refractivity contribution in [3.63, 3.8) is 0 Å². The minimum atomic E-state index is -3.71. The van der Waals surface area contributed by atoms with Gasteiger partial charge in [0, 0.05) is 44.2 Å². The molecule has 0 spiro atoms. The zero-order valence-electron chi connectivity index (χ0n) is 16.4. The Balaban J connectivity index is 2.49. The maximum atomic E-state index is 12.3. The summed E-state index contributed by atoms with van der Waals surface area (Å²) in [5.74, 6) is 0. The largest absolute Gasteiger partial charge is 0.384 e. The van der Waals surface area contributed by atoms with Crippen LogP contribution in [-0.4, -0.2) is 58.7 Å². The molecule has 0 aliphatic heterocycles. The van der Waals surface area contributed by atoms with Crippen LogP contribution in [0.3, 0.4) is 0 Å². The second kappa shape index (κ2) is 12.5. The first-order valence-electron chi connectivity index (χ1n) is 8.98. The van der Waals surface area contributed by atoms with E-state index >= 15 is 0 Å². The molecule has 0 atom stereocenters. The molecule has 2 N–H and O–H groups in total. The van der Waals surface area contributed by atoms with E-state index in [4.69, 9.17) is 27.9 Å². The molecule has 0 fully saturated rings. The Kier molecular flexibility index (Phi) is 11.1. The molecule has 0 aromatic heterocycles. The van der Waals surface area contributed by atoms with Crippen LogP contribution in [0, 0.1) is 6.42 Å². The summed E-state index contributed by atoms with van der Waals surface area (Å²) in [4.78, 5) is 13.9. The Morgan fingerprint density at radius 3 is 2.61 bits per heavy atom. The number of nitrogens with zero attached hydrogens (tertiary/aromatic N) is 1. The number of unbranched alkanes of at least 4 members (excludes halogenated alkanes) is 1. The van der Waals surface area contributed by atoms with Crippen LogP contribution in [0.4, 0.5) is 4.79 Å². The molecule has 0 bridgehead atoms. The SMILES string of the molecule is COC[CH]CN(CCCCNS(=O)(=O)c1ccc(Cl)cc1Cl)C(=O)NC(C)C. The van der Waals surface area contributed by atoms with E-state index in [1.54, 1.807) is 12.0 Å². The van der Waals surface area contributed by atoms with Crippen LogP contribution in [0.5, 0.6) is 0 Å². The van der Waals surface area contributed by atoms with Gasteiger partial charge in [-0.1, -0.05) is 23.2 Å². The zero-order valence-corrected chi connectivity index (χ0v) is 18.7. The summed E-state index contributed by atoms with van der Waals surface area (Å²) in [5, 5.41) is 3.30. The van der Waals surface area contributed by atoms with Crippen molar-refractivity contribution in [3.05, 3.63) is 34.7 Å². The number of rotatable bonds is 12. The molecule has 7 nitrogen and oxygen atoms in total. The number of sulfonamides is 1. The zero-order chi connectivity index (χ0) is 21.2. The number of benzene rings is 1. The summed E-state index contributed by atoms with van der Waals surface area (Å²) in [6.07, 6.45) is 3.08. The lowest BCUT2D eigenvalue weighted by Gasteiger charge is -2.24. The fourth-order valence-corrected chi connectivity index (χ4v) is 4.19. The summed E-state index contributed by atoms with van der Waals surface area (Å²) in [6, 6.07) is 4.11. The quantitative estimate of drug-likeness (QED) is 0.476. The van der Waals surface area contributed by atoms with Gasteiger partial charge in [-0.15, -0.1) is 0 Å². The van der Waals surface area contributed by atoms with Gasteiger partial charge in [-0.25, -0.2) is 17.9 Å². The number of carbonyl (C=O) groups excluding carboxylic acids is 1. The second-order valence-electron chi connectivity index (χ2n) is 6.47. The van der Waals surface area contributed by atoms with E-state index < -0.39 is 10.0 Å². The van der Waals surface area contributed by atoms with Crippen molar-refractivity contribution in [1.82, 2.24) is 14.9 Å². The van der Waals surface area contributed by atoms with Gasteiger partial charge in [-0.2, -0.15) is 0 Å². The normalized spacial score (nSPS) is 11.6. The van der Waals surface area contributed by atoms with Crippen molar-refractivity contribution in [2.45, 2.75) is 37.6 Å². The molecule has 0 heterocycles. The van der Waals surface area contributed by atoms with Crippen LogP contribution in [0.25, 0.3) is 0 Å². The van der Waals surface area contributed by atoms with Gasteiger partial charge in [-0.05, 0) is 44.9 Å². The molecule has 0 unspecified atom stereocenters. The van der Waals surface area contributed by atoms with Crippen molar-refractivity contribution in [2.75, 3.05) is 33.4 Å². The predicted octanol–water partition coefficient (Wildman–Crippen LogP) is 3.32. The molecule has 0 saturated heterocycles. The average molecular weight is 453 g/mol. The molecular weight excluding hydrogens is 425 g/mol. The minimum absolute atomic E-state index is 0.00864. The van der Waals surface area contributed by atoms with Gasteiger partial charge in [0.1, 0.15) is 4.90 Å². The smallest absolute Gasteiger partial charge is 0.317 e. The molecule has 1 aromatic carbocycles. The minimum Gasteiger partial charge on any atom is -0.384 e. The van der Waals surface area contributed by atoms with Crippen LogP contribution in [0.15, 0.2) is 23.1 Å². The Hall–Kier alpha value is -1.06. The number of hydrogen-bond acceptors (Lipinski definition) is 4. The van der Waals surface area contributed by atoms with Crippen molar-refractivity contribution in [1.29, 1.82) is 0 Å². The fourth-order valence-electron chi connectivity index (χ4n) is 2.35. The van der Waals surface area contributed by atoms with E-state index in [2.05, 4.69) is 10.0 Å². The molecule has 0 aliphatic carbocycles. The number of urea groups is 1. The number of ether oxygens (including phenoxy) is 1. The summed E-state index contributed by atoms with van der Waals surface area (Å²) >= 11 is 11.8. The van der Waals surface area contributed by atoms with Gasteiger partial charge in [0.25, 0.3) is 0 Å². The van der Waals surface area contributed by atoms with Crippen molar-refractivity contribution in [2.24, 2.45) is 0 Å².